The third-order valence-electron chi connectivity index (χ3n) is 3.72. The summed E-state index contributed by atoms with van der Waals surface area (Å²) in [5, 5.41) is 22.9. The van der Waals surface area contributed by atoms with Crippen molar-refractivity contribution < 1.29 is 40.5 Å². The van der Waals surface area contributed by atoms with Crippen molar-refractivity contribution in [1.82, 2.24) is 0 Å². The van der Waals surface area contributed by atoms with Crippen molar-refractivity contribution in [2.45, 2.75) is 80.4 Å². The molecule has 0 unspecified atom stereocenters. The summed E-state index contributed by atoms with van der Waals surface area (Å²) >= 11 is -0.826. The summed E-state index contributed by atoms with van der Waals surface area (Å²) in [6, 6.07) is 7.17. The molecule has 7 heteroatoms. The van der Waals surface area contributed by atoms with Gasteiger partial charge in [0.25, 0.3) is 0 Å². The number of aryl methyl sites for hydroxylation is 4. The number of rotatable bonds is 2. The zero-order valence-electron chi connectivity index (χ0n) is 20.2. The van der Waals surface area contributed by atoms with E-state index >= 15 is 0 Å². The van der Waals surface area contributed by atoms with Gasteiger partial charge in [0.05, 0.1) is 0 Å². The zero-order chi connectivity index (χ0) is 24.6. The average Bonchev–Trinajstić information content (AvgIpc) is 2.56. The van der Waals surface area contributed by atoms with Crippen LogP contribution in [0.5, 0.6) is 23.0 Å². The van der Waals surface area contributed by atoms with Gasteiger partial charge in [0.1, 0.15) is 22.7 Å². The first-order chi connectivity index (χ1) is 14.0. The molecular weight excluding hydrogens is 514 g/mol. The Bertz CT molecular complexity index is 725. The first kappa shape index (κ1) is 30.1. The molecule has 0 aliphatic rings. The van der Waals surface area contributed by atoms with Gasteiger partial charge in [-0.2, -0.15) is 0 Å². The van der Waals surface area contributed by atoms with Crippen LogP contribution in [0.4, 0.5) is 0 Å². The van der Waals surface area contributed by atoms with Gasteiger partial charge in [-0.1, -0.05) is 22.3 Å². The molecule has 0 amide bonds. The number of hydrogen-bond acceptors (Lipinski definition) is 4. The molecule has 0 N–H and O–H groups in total. The van der Waals surface area contributed by atoms with Gasteiger partial charge < -0.3 is 19.7 Å². The summed E-state index contributed by atoms with van der Waals surface area (Å²) < 4.78 is 11.4. The number of ether oxygens (including phenoxy) is 2. The minimum atomic E-state index is -0.826. The van der Waals surface area contributed by atoms with E-state index in [-0.39, 0.29) is 22.7 Å². The Morgan fingerprint density at radius 3 is 0.968 bits per heavy atom. The Kier molecular flexibility index (Phi) is 12.6. The van der Waals surface area contributed by atoms with E-state index in [0.717, 1.165) is 33.8 Å². The van der Waals surface area contributed by atoms with E-state index in [2.05, 4.69) is 0 Å². The zero-order valence-corrected chi connectivity index (χ0v) is 24.2. The van der Waals surface area contributed by atoms with Crippen LogP contribution in [-0.2, 0) is 20.8 Å². The third kappa shape index (κ3) is 12.7. The molecule has 0 bridgehead atoms. The Hall–Kier alpha value is -0.897. The molecule has 2 aromatic carbocycles. The van der Waals surface area contributed by atoms with Crippen molar-refractivity contribution in [2.75, 3.05) is 0 Å². The van der Waals surface area contributed by atoms with E-state index in [0.29, 0.717) is 0 Å². The van der Waals surface area contributed by atoms with E-state index in [1.54, 1.807) is 24.3 Å². The molecule has 2 rings (SSSR count). The molecule has 0 aliphatic carbocycles. The van der Waals surface area contributed by atoms with Crippen molar-refractivity contribution in [2.24, 2.45) is 0 Å². The van der Waals surface area contributed by atoms with Gasteiger partial charge in [-0.05, 0) is 93.5 Å². The maximum absolute atomic E-state index is 11.4. The summed E-state index contributed by atoms with van der Waals surface area (Å²) in [5.41, 5.74) is 2.52. The molecule has 0 aromatic heterocycles. The molecule has 0 saturated carbocycles. The molecule has 0 saturated heterocycles. The number of hydrogen-bond donors (Lipinski definition) is 0. The molecule has 31 heavy (non-hydrogen) atoms. The SMILES string of the molecule is Cc1cc(OC(C)(C)C)cc(C)c1[O-].Cc1cc(OC(C)(C)C)cc(C)c1[O-].[Cl][Zr+2][Cl]. The van der Waals surface area contributed by atoms with Crippen LogP contribution in [-0.4, -0.2) is 11.2 Å². The summed E-state index contributed by atoms with van der Waals surface area (Å²) in [7, 11) is 9.87. The molecule has 0 spiro atoms. The summed E-state index contributed by atoms with van der Waals surface area (Å²) in [5.74, 6) is 1.75. The summed E-state index contributed by atoms with van der Waals surface area (Å²) in [6.45, 7) is 19.2. The predicted molar refractivity (Wildman–Crippen MR) is 123 cm³/mol. The Morgan fingerprint density at radius 1 is 0.613 bits per heavy atom. The third-order valence-corrected chi connectivity index (χ3v) is 3.72. The van der Waals surface area contributed by atoms with E-state index in [1.807, 2.05) is 69.2 Å². The van der Waals surface area contributed by atoms with Crippen molar-refractivity contribution in [1.29, 1.82) is 0 Å². The normalized spacial score (nSPS) is 10.7. The van der Waals surface area contributed by atoms with Crippen LogP contribution in [0.1, 0.15) is 63.8 Å². The second-order valence-electron chi connectivity index (χ2n) is 9.27. The number of benzene rings is 2. The first-order valence-electron chi connectivity index (χ1n) is 9.91. The van der Waals surface area contributed by atoms with Crippen LogP contribution in [0.15, 0.2) is 24.3 Å². The Labute approximate surface area is 206 Å². The quantitative estimate of drug-likeness (QED) is 0.431. The minimum absolute atomic E-state index is 0.103. The van der Waals surface area contributed by atoms with Crippen molar-refractivity contribution in [3.63, 3.8) is 0 Å². The van der Waals surface area contributed by atoms with E-state index < -0.39 is 20.8 Å². The molecular formula is C24H34Cl2O4Zr. The average molecular weight is 549 g/mol. The van der Waals surface area contributed by atoms with Gasteiger partial charge in [0.2, 0.25) is 0 Å². The maximum atomic E-state index is 11.4. The van der Waals surface area contributed by atoms with Crippen LogP contribution in [0.25, 0.3) is 0 Å². The van der Waals surface area contributed by atoms with Crippen LogP contribution in [0.2, 0.25) is 0 Å². The van der Waals surface area contributed by atoms with Crippen LogP contribution in [0, 0.1) is 27.7 Å². The van der Waals surface area contributed by atoms with Crippen LogP contribution < -0.4 is 19.7 Å². The summed E-state index contributed by atoms with van der Waals surface area (Å²) in [4.78, 5) is 0. The number of halogens is 2. The predicted octanol–water partition coefficient (Wildman–Crippen LogP) is 6.49. The van der Waals surface area contributed by atoms with Gasteiger partial charge in [-0.25, -0.2) is 0 Å². The van der Waals surface area contributed by atoms with Crippen LogP contribution >= 0.6 is 17.0 Å². The fraction of sp³-hybridized carbons (Fsp3) is 0.500. The summed E-state index contributed by atoms with van der Waals surface area (Å²) in [6.07, 6.45) is 0. The Morgan fingerprint density at radius 2 is 0.806 bits per heavy atom. The molecule has 2 aromatic rings. The second-order valence-corrected chi connectivity index (χ2v) is 13.0. The monoisotopic (exact) mass is 546 g/mol. The molecule has 172 valence electrons. The van der Waals surface area contributed by atoms with Gasteiger partial charge in [-0.15, -0.1) is 11.5 Å². The van der Waals surface area contributed by atoms with Gasteiger partial charge in [0.15, 0.2) is 0 Å². The second kappa shape index (κ2) is 13.0. The van der Waals surface area contributed by atoms with E-state index in [9.17, 15) is 10.2 Å². The molecule has 0 heterocycles. The van der Waals surface area contributed by atoms with Crippen LogP contribution in [0.3, 0.4) is 0 Å². The first-order valence-corrected chi connectivity index (χ1v) is 16.2. The Balaban J connectivity index is 0.000000516. The molecule has 4 nitrogen and oxygen atoms in total. The molecule has 0 radical (unpaired) electrons. The van der Waals surface area contributed by atoms with Gasteiger partial charge in [0, 0.05) is 0 Å². The van der Waals surface area contributed by atoms with Crippen molar-refractivity contribution >= 4 is 17.0 Å². The standard InChI is InChI=1S/2C12H18O2.2ClH.Zr/c2*1-8-6-10(14-12(3,4)5)7-9(2)11(8)13;;;/h2*6-7,13H,1-5H3;2*1H;/q;;;;+4/p-4. The van der Waals surface area contributed by atoms with E-state index in [4.69, 9.17) is 26.5 Å². The van der Waals surface area contributed by atoms with Crippen molar-refractivity contribution in [3.05, 3.63) is 46.5 Å². The topological polar surface area (TPSA) is 64.6 Å². The fourth-order valence-electron chi connectivity index (χ4n) is 2.65. The van der Waals surface area contributed by atoms with Crippen molar-refractivity contribution in [3.8, 4) is 23.0 Å². The molecule has 0 aliphatic heterocycles. The fourth-order valence-corrected chi connectivity index (χ4v) is 2.65. The van der Waals surface area contributed by atoms with E-state index in [1.165, 1.54) is 0 Å². The molecule has 0 fully saturated rings. The molecule has 0 atom stereocenters. The van der Waals surface area contributed by atoms with Gasteiger partial charge >= 0.3 is 37.9 Å². The van der Waals surface area contributed by atoms with Gasteiger partial charge in [-0.3, -0.25) is 0 Å².